The molecule has 5 heteroatoms. The van der Waals surface area contributed by atoms with Gasteiger partial charge in [0.05, 0.1) is 17.7 Å². The maximum atomic E-state index is 12.5. The van der Waals surface area contributed by atoms with E-state index in [4.69, 9.17) is 16.3 Å². The van der Waals surface area contributed by atoms with Crippen molar-refractivity contribution >= 4 is 39.1 Å². The Morgan fingerprint density at radius 1 is 1.20 bits per heavy atom. The van der Waals surface area contributed by atoms with E-state index in [1.807, 2.05) is 24.3 Å². The van der Waals surface area contributed by atoms with Crippen molar-refractivity contribution in [3.63, 3.8) is 0 Å². The second-order valence-electron chi connectivity index (χ2n) is 4.16. The first-order valence-electron chi connectivity index (χ1n) is 5.90. The van der Waals surface area contributed by atoms with Gasteiger partial charge in [0.25, 0.3) is 5.91 Å². The van der Waals surface area contributed by atoms with Crippen molar-refractivity contribution in [1.82, 2.24) is 0 Å². The molecule has 0 saturated carbocycles. The number of rotatable bonds is 3. The van der Waals surface area contributed by atoms with Gasteiger partial charge in [0.2, 0.25) is 0 Å². The zero-order valence-corrected chi connectivity index (χ0v) is 13.4. The molecule has 0 atom stereocenters. The van der Waals surface area contributed by atoms with Crippen LogP contribution in [0.5, 0.6) is 5.75 Å². The average molecular weight is 355 g/mol. The molecule has 0 aromatic heterocycles. The van der Waals surface area contributed by atoms with Crippen molar-refractivity contribution in [2.45, 2.75) is 0 Å². The molecule has 0 heterocycles. The van der Waals surface area contributed by atoms with E-state index >= 15 is 0 Å². The summed E-state index contributed by atoms with van der Waals surface area (Å²) >= 11 is 9.47. The molecule has 0 spiro atoms. The van der Waals surface area contributed by atoms with Crippen LogP contribution in [0.4, 0.5) is 5.69 Å². The Bertz CT molecular complexity index is 628. The highest BCUT2D eigenvalue weighted by molar-refractivity contribution is 9.10. The Balaban J connectivity index is 2.29. The highest BCUT2D eigenvalue weighted by atomic mass is 79.9. The summed E-state index contributed by atoms with van der Waals surface area (Å²) < 4.78 is 5.80. The fraction of sp³-hybridized carbons (Fsp3) is 0.133. The van der Waals surface area contributed by atoms with Gasteiger partial charge in [-0.2, -0.15) is 0 Å². The molecule has 2 aromatic carbocycles. The van der Waals surface area contributed by atoms with E-state index in [0.717, 1.165) is 11.4 Å². The van der Waals surface area contributed by atoms with Crippen molar-refractivity contribution in [2.75, 3.05) is 19.1 Å². The normalized spacial score (nSPS) is 10.2. The number of benzene rings is 2. The Kier molecular flexibility index (Phi) is 4.68. The molecule has 20 heavy (non-hydrogen) atoms. The number of anilines is 1. The fourth-order valence-electron chi connectivity index (χ4n) is 1.77. The molecule has 0 radical (unpaired) electrons. The molecule has 104 valence electrons. The van der Waals surface area contributed by atoms with Gasteiger partial charge in [-0.05, 0) is 52.3 Å². The van der Waals surface area contributed by atoms with Crippen molar-refractivity contribution in [3.8, 4) is 5.75 Å². The third kappa shape index (κ3) is 2.97. The van der Waals surface area contributed by atoms with Crippen LogP contribution in [-0.2, 0) is 0 Å². The van der Waals surface area contributed by atoms with Gasteiger partial charge >= 0.3 is 0 Å². The number of hydrogen-bond acceptors (Lipinski definition) is 2. The lowest BCUT2D eigenvalue weighted by molar-refractivity contribution is 0.0993. The van der Waals surface area contributed by atoms with Crippen LogP contribution in [0.2, 0.25) is 5.02 Å². The molecular weight excluding hydrogens is 342 g/mol. The molecule has 0 aliphatic heterocycles. The minimum atomic E-state index is -0.165. The Hall–Kier alpha value is -1.52. The Morgan fingerprint density at radius 2 is 1.85 bits per heavy atom. The number of methoxy groups -OCH3 is 1. The quantitative estimate of drug-likeness (QED) is 0.818. The molecule has 3 nitrogen and oxygen atoms in total. The van der Waals surface area contributed by atoms with Gasteiger partial charge in [0.1, 0.15) is 5.75 Å². The van der Waals surface area contributed by atoms with Gasteiger partial charge in [0, 0.05) is 17.2 Å². The van der Waals surface area contributed by atoms with E-state index < -0.39 is 0 Å². The van der Waals surface area contributed by atoms with Crippen LogP contribution in [0, 0.1) is 0 Å². The van der Waals surface area contributed by atoms with Crippen LogP contribution < -0.4 is 9.64 Å². The first kappa shape index (κ1) is 14.9. The highest BCUT2D eigenvalue weighted by Gasteiger charge is 2.17. The molecule has 0 saturated heterocycles. The van der Waals surface area contributed by atoms with Gasteiger partial charge in [-0.1, -0.05) is 17.7 Å². The lowest BCUT2D eigenvalue weighted by Gasteiger charge is -2.18. The molecule has 0 aliphatic rings. The van der Waals surface area contributed by atoms with E-state index in [1.165, 1.54) is 0 Å². The molecule has 2 aromatic rings. The Morgan fingerprint density at radius 3 is 2.45 bits per heavy atom. The largest absolute Gasteiger partial charge is 0.497 e. The van der Waals surface area contributed by atoms with Crippen LogP contribution in [0.15, 0.2) is 46.9 Å². The van der Waals surface area contributed by atoms with Gasteiger partial charge in [0.15, 0.2) is 0 Å². The van der Waals surface area contributed by atoms with E-state index in [0.29, 0.717) is 15.1 Å². The second kappa shape index (κ2) is 6.29. The molecule has 0 unspecified atom stereocenters. The Labute approximate surface area is 131 Å². The van der Waals surface area contributed by atoms with Crippen molar-refractivity contribution in [3.05, 3.63) is 57.5 Å². The third-order valence-corrected chi connectivity index (χ3v) is 4.24. The van der Waals surface area contributed by atoms with Crippen molar-refractivity contribution in [1.29, 1.82) is 0 Å². The summed E-state index contributed by atoms with van der Waals surface area (Å²) in [5.41, 5.74) is 1.23. The predicted octanol–water partition coefficient (Wildman–Crippen LogP) is 4.39. The van der Waals surface area contributed by atoms with Gasteiger partial charge in [-0.3, -0.25) is 4.79 Å². The number of nitrogens with zero attached hydrogens (tertiary/aromatic N) is 1. The standard InChI is InChI=1S/C15H13BrClNO2/c1-18(10-6-8-11(20-2)9-7-10)15(19)12-4-3-5-13(16)14(12)17/h3-9H,1-2H3. The summed E-state index contributed by atoms with van der Waals surface area (Å²) in [6.07, 6.45) is 0. The summed E-state index contributed by atoms with van der Waals surface area (Å²) in [6.45, 7) is 0. The number of hydrogen-bond donors (Lipinski definition) is 0. The number of amides is 1. The summed E-state index contributed by atoms with van der Waals surface area (Å²) in [7, 11) is 3.31. The number of carbonyl (C=O) groups excluding carboxylic acids is 1. The third-order valence-electron chi connectivity index (χ3n) is 2.95. The second-order valence-corrected chi connectivity index (χ2v) is 5.40. The van der Waals surface area contributed by atoms with Crippen LogP contribution in [0.3, 0.4) is 0 Å². The van der Waals surface area contributed by atoms with Crippen LogP contribution >= 0.6 is 27.5 Å². The summed E-state index contributed by atoms with van der Waals surface area (Å²) in [6, 6.07) is 12.5. The minimum Gasteiger partial charge on any atom is -0.497 e. The van der Waals surface area contributed by atoms with E-state index in [2.05, 4.69) is 15.9 Å². The number of ether oxygens (including phenoxy) is 1. The average Bonchev–Trinajstić information content (AvgIpc) is 2.48. The lowest BCUT2D eigenvalue weighted by Crippen LogP contribution is -2.26. The van der Waals surface area contributed by atoms with E-state index in [9.17, 15) is 4.79 Å². The molecule has 0 fully saturated rings. The molecule has 2 rings (SSSR count). The highest BCUT2D eigenvalue weighted by Crippen LogP contribution is 2.28. The van der Waals surface area contributed by atoms with Gasteiger partial charge in [-0.25, -0.2) is 0 Å². The fourth-order valence-corrected chi connectivity index (χ4v) is 2.35. The van der Waals surface area contributed by atoms with E-state index in [1.54, 1.807) is 37.3 Å². The van der Waals surface area contributed by atoms with Gasteiger partial charge in [-0.15, -0.1) is 0 Å². The summed E-state index contributed by atoms with van der Waals surface area (Å²) in [4.78, 5) is 14.0. The first-order valence-corrected chi connectivity index (χ1v) is 7.08. The van der Waals surface area contributed by atoms with Crippen LogP contribution in [0.1, 0.15) is 10.4 Å². The van der Waals surface area contributed by atoms with Crippen molar-refractivity contribution in [2.24, 2.45) is 0 Å². The molecule has 1 amide bonds. The lowest BCUT2D eigenvalue weighted by atomic mass is 10.2. The molecule has 0 bridgehead atoms. The topological polar surface area (TPSA) is 29.5 Å². The summed E-state index contributed by atoms with van der Waals surface area (Å²) in [5.74, 6) is 0.580. The molecular formula is C15H13BrClNO2. The SMILES string of the molecule is COc1ccc(N(C)C(=O)c2cccc(Br)c2Cl)cc1. The first-order chi connectivity index (χ1) is 9.54. The van der Waals surface area contributed by atoms with E-state index in [-0.39, 0.29) is 5.91 Å². The molecule has 0 aliphatic carbocycles. The number of halogens is 2. The van der Waals surface area contributed by atoms with Crippen LogP contribution in [-0.4, -0.2) is 20.1 Å². The maximum Gasteiger partial charge on any atom is 0.259 e. The summed E-state index contributed by atoms with van der Waals surface area (Å²) in [5, 5.41) is 0.415. The monoisotopic (exact) mass is 353 g/mol. The maximum absolute atomic E-state index is 12.5. The minimum absolute atomic E-state index is 0.165. The zero-order valence-electron chi connectivity index (χ0n) is 11.1. The van der Waals surface area contributed by atoms with Crippen LogP contribution in [0.25, 0.3) is 0 Å². The smallest absolute Gasteiger partial charge is 0.259 e. The van der Waals surface area contributed by atoms with Gasteiger partial charge < -0.3 is 9.64 Å². The number of carbonyl (C=O) groups is 1. The molecule has 0 N–H and O–H groups in total. The van der Waals surface area contributed by atoms with Crippen molar-refractivity contribution < 1.29 is 9.53 Å². The zero-order chi connectivity index (χ0) is 14.7. The predicted molar refractivity (Wildman–Crippen MR) is 84.9 cm³/mol.